The van der Waals surface area contributed by atoms with Gasteiger partial charge in [-0.25, -0.2) is 0 Å². The number of nitrogens with one attached hydrogen (secondary N) is 2. The first-order valence-corrected chi connectivity index (χ1v) is 14.9. The van der Waals surface area contributed by atoms with Gasteiger partial charge in [-0.2, -0.15) is 0 Å². The second kappa shape index (κ2) is 19.5. The molecule has 0 fully saturated rings. The second-order valence-electron chi connectivity index (χ2n) is 10.4. The summed E-state index contributed by atoms with van der Waals surface area (Å²) in [5.74, 6) is 1.33. The highest BCUT2D eigenvalue weighted by molar-refractivity contribution is 5.36. The smallest absolute Gasteiger partial charge is 0.125 e. The summed E-state index contributed by atoms with van der Waals surface area (Å²) in [4.78, 5) is 0. The summed E-state index contributed by atoms with van der Waals surface area (Å²) in [6.45, 7) is 1.39. The van der Waals surface area contributed by atoms with Crippen molar-refractivity contribution in [1.29, 1.82) is 0 Å². The van der Waals surface area contributed by atoms with Crippen molar-refractivity contribution in [3.63, 3.8) is 0 Å². The van der Waals surface area contributed by atoms with Gasteiger partial charge in [0.25, 0.3) is 0 Å². The summed E-state index contributed by atoms with van der Waals surface area (Å²) in [7, 11) is 3.83. The highest BCUT2D eigenvalue weighted by atomic mass is 16.5. The first-order chi connectivity index (χ1) is 21.5. The summed E-state index contributed by atoms with van der Waals surface area (Å²) >= 11 is 0. The van der Waals surface area contributed by atoms with Crippen LogP contribution >= 0.6 is 0 Å². The van der Waals surface area contributed by atoms with E-state index < -0.39 is 0 Å². The topological polar surface area (TPSA) is 123 Å². The molecule has 8 nitrogen and oxygen atoms in total. The summed E-state index contributed by atoms with van der Waals surface area (Å²) in [6, 6.07) is 30.9. The van der Waals surface area contributed by atoms with Gasteiger partial charge < -0.3 is 40.5 Å². The SMILES string of the molecule is CNCCC(Oc1cc(CO)cc(CO)c1)c1ccccc1.CNCCC(Oc1cc(CO)cc(CO)c1)c1ccccc1. The minimum atomic E-state index is -0.0749. The Morgan fingerprint density at radius 3 is 1.09 bits per heavy atom. The standard InChI is InChI=1S/2C18H23NO3/c2*1-19-8-7-18(16-5-3-2-4-6-16)22-17-10-14(12-20)9-15(11-17)13-21/h2*2-6,9-11,18-21H,7-8,12-13H2,1H3. The van der Waals surface area contributed by atoms with E-state index in [0.717, 1.165) is 59.3 Å². The highest BCUT2D eigenvalue weighted by Crippen LogP contribution is 2.28. The maximum Gasteiger partial charge on any atom is 0.125 e. The number of aliphatic hydroxyl groups is 4. The Kier molecular flexibility index (Phi) is 15.4. The maximum absolute atomic E-state index is 9.33. The molecule has 2 atom stereocenters. The van der Waals surface area contributed by atoms with Crippen LogP contribution < -0.4 is 20.1 Å². The number of aliphatic hydroxyl groups excluding tert-OH is 4. The van der Waals surface area contributed by atoms with Crippen LogP contribution in [0.4, 0.5) is 0 Å². The average Bonchev–Trinajstić information content (AvgIpc) is 3.09. The van der Waals surface area contributed by atoms with E-state index in [9.17, 15) is 20.4 Å². The molecule has 0 aliphatic carbocycles. The predicted octanol–water partition coefficient (Wildman–Crippen LogP) is 4.80. The number of ether oxygens (including phenoxy) is 2. The van der Waals surface area contributed by atoms with Crippen molar-refractivity contribution in [2.24, 2.45) is 0 Å². The van der Waals surface area contributed by atoms with Gasteiger partial charge in [-0.05, 0) is 84.8 Å². The van der Waals surface area contributed by atoms with Gasteiger partial charge in [0, 0.05) is 12.8 Å². The van der Waals surface area contributed by atoms with E-state index in [1.807, 2.05) is 99.0 Å². The van der Waals surface area contributed by atoms with E-state index >= 15 is 0 Å². The molecule has 0 aromatic heterocycles. The Balaban J connectivity index is 0.000000240. The van der Waals surface area contributed by atoms with Gasteiger partial charge in [-0.15, -0.1) is 0 Å². The van der Waals surface area contributed by atoms with E-state index in [1.165, 1.54) is 0 Å². The van der Waals surface area contributed by atoms with E-state index in [0.29, 0.717) is 11.5 Å². The molecule has 4 rings (SSSR count). The number of hydrogen-bond acceptors (Lipinski definition) is 8. The van der Waals surface area contributed by atoms with Crippen molar-refractivity contribution in [1.82, 2.24) is 10.6 Å². The summed E-state index contributed by atoms with van der Waals surface area (Å²) in [5, 5.41) is 43.6. The van der Waals surface area contributed by atoms with Crippen LogP contribution in [0.1, 0.15) is 58.4 Å². The molecule has 6 N–H and O–H groups in total. The molecule has 4 aromatic carbocycles. The molecule has 0 spiro atoms. The fourth-order valence-electron chi connectivity index (χ4n) is 4.76. The average molecular weight is 603 g/mol. The predicted molar refractivity (Wildman–Crippen MR) is 173 cm³/mol. The van der Waals surface area contributed by atoms with Gasteiger partial charge in [0.15, 0.2) is 0 Å². The summed E-state index contributed by atoms with van der Waals surface area (Å²) in [6.07, 6.45) is 1.51. The summed E-state index contributed by atoms with van der Waals surface area (Å²) < 4.78 is 12.3. The normalized spacial score (nSPS) is 12.1. The lowest BCUT2D eigenvalue weighted by molar-refractivity contribution is 0.193. The Morgan fingerprint density at radius 2 is 0.818 bits per heavy atom. The maximum atomic E-state index is 9.33. The van der Waals surface area contributed by atoms with E-state index in [-0.39, 0.29) is 38.6 Å². The van der Waals surface area contributed by atoms with Gasteiger partial charge in [-0.3, -0.25) is 0 Å². The molecule has 44 heavy (non-hydrogen) atoms. The molecule has 2 unspecified atom stereocenters. The zero-order valence-corrected chi connectivity index (χ0v) is 25.7. The van der Waals surface area contributed by atoms with Crippen molar-refractivity contribution in [3.05, 3.63) is 130 Å². The molecule has 4 aromatic rings. The Labute approximate surface area is 260 Å². The molecule has 0 saturated heterocycles. The zero-order valence-electron chi connectivity index (χ0n) is 25.7. The van der Waals surface area contributed by atoms with Gasteiger partial charge in [0.2, 0.25) is 0 Å². The molecule has 0 amide bonds. The quantitative estimate of drug-likeness (QED) is 0.108. The second-order valence-corrected chi connectivity index (χ2v) is 10.4. The lowest BCUT2D eigenvalue weighted by Gasteiger charge is -2.20. The third-order valence-electron chi connectivity index (χ3n) is 6.99. The van der Waals surface area contributed by atoms with Crippen molar-refractivity contribution >= 4 is 0 Å². The van der Waals surface area contributed by atoms with Gasteiger partial charge >= 0.3 is 0 Å². The minimum absolute atomic E-state index is 0.0727. The van der Waals surface area contributed by atoms with Crippen LogP contribution in [0.25, 0.3) is 0 Å². The fourth-order valence-corrected chi connectivity index (χ4v) is 4.76. The minimum Gasteiger partial charge on any atom is -0.486 e. The van der Waals surface area contributed by atoms with Crippen LogP contribution in [0.5, 0.6) is 11.5 Å². The Morgan fingerprint density at radius 1 is 0.500 bits per heavy atom. The van der Waals surface area contributed by atoms with Crippen molar-refractivity contribution in [2.45, 2.75) is 51.5 Å². The van der Waals surface area contributed by atoms with Crippen LogP contribution in [0, 0.1) is 0 Å². The fraction of sp³-hybridized carbons (Fsp3) is 0.333. The lowest BCUT2D eigenvalue weighted by atomic mass is 10.1. The van der Waals surface area contributed by atoms with Gasteiger partial charge in [0.1, 0.15) is 23.7 Å². The Bertz CT molecular complexity index is 1200. The molecule has 0 radical (unpaired) electrons. The molecule has 0 bridgehead atoms. The van der Waals surface area contributed by atoms with E-state index in [1.54, 1.807) is 12.1 Å². The van der Waals surface area contributed by atoms with Crippen LogP contribution in [0.15, 0.2) is 97.1 Å². The largest absolute Gasteiger partial charge is 0.486 e. The van der Waals surface area contributed by atoms with E-state index in [4.69, 9.17) is 9.47 Å². The van der Waals surface area contributed by atoms with Crippen LogP contribution in [0.3, 0.4) is 0 Å². The monoisotopic (exact) mass is 602 g/mol. The van der Waals surface area contributed by atoms with E-state index in [2.05, 4.69) is 10.6 Å². The zero-order chi connectivity index (χ0) is 31.6. The molecule has 0 heterocycles. The molecule has 0 aliphatic heterocycles. The first kappa shape index (κ1) is 34.7. The highest BCUT2D eigenvalue weighted by Gasteiger charge is 2.15. The van der Waals surface area contributed by atoms with Crippen LogP contribution in [0.2, 0.25) is 0 Å². The number of benzene rings is 4. The first-order valence-electron chi connectivity index (χ1n) is 14.9. The molecule has 0 saturated carbocycles. The van der Waals surface area contributed by atoms with Crippen molar-refractivity contribution in [3.8, 4) is 11.5 Å². The summed E-state index contributed by atoms with van der Waals surface area (Å²) in [5.41, 5.74) is 5.17. The van der Waals surface area contributed by atoms with Crippen molar-refractivity contribution in [2.75, 3.05) is 27.2 Å². The molecule has 0 aliphatic rings. The van der Waals surface area contributed by atoms with Crippen LogP contribution in [-0.2, 0) is 26.4 Å². The molecular formula is C36H46N2O6. The molecular weight excluding hydrogens is 556 g/mol. The molecule has 236 valence electrons. The van der Waals surface area contributed by atoms with Gasteiger partial charge in [0.05, 0.1) is 26.4 Å². The Hall–Kier alpha value is -3.76. The van der Waals surface area contributed by atoms with Gasteiger partial charge in [-0.1, -0.05) is 72.8 Å². The third-order valence-corrected chi connectivity index (χ3v) is 6.99. The third kappa shape index (κ3) is 11.4. The number of rotatable bonds is 16. The lowest BCUT2D eigenvalue weighted by Crippen LogP contribution is -2.16. The van der Waals surface area contributed by atoms with Crippen LogP contribution in [-0.4, -0.2) is 47.6 Å². The number of hydrogen-bond donors (Lipinski definition) is 6. The van der Waals surface area contributed by atoms with Crippen molar-refractivity contribution < 1.29 is 29.9 Å². The molecule has 8 heteroatoms.